The second kappa shape index (κ2) is 9.77. The number of aromatic amines is 1. The summed E-state index contributed by atoms with van der Waals surface area (Å²) in [5.74, 6) is 0.744. The van der Waals surface area contributed by atoms with Crippen LogP contribution in [0.25, 0.3) is 0 Å². The first-order valence-corrected chi connectivity index (χ1v) is 11.5. The average molecular weight is 465 g/mol. The second-order valence-corrected chi connectivity index (χ2v) is 9.33. The van der Waals surface area contributed by atoms with Crippen LogP contribution in [0.4, 0.5) is 8.78 Å². The molecule has 3 heterocycles. The molecule has 2 saturated heterocycles. The van der Waals surface area contributed by atoms with Crippen LogP contribution in [0.2, 0.25) is 0 Å². The lowest BCUT2D eigenvalue weighted by Gasteiger charge is -2.49. The minimum Gasteiger partial charge on any atom is -0.491 e. The van der Waals surface area contributed by atoms with Crippen LogP contribution < -0.4 is 4.74 Å². The Morgan fingerprint density at radius 1 is 1.33 bits per heavy atom. The van der Waals surface area contributed by atoms with E-state index in [9.17, 15) is 13.6 Å². The van der Waals surface area contributed by atoms with E-state index in [4.69, 9.17) is 9.47 Å². The largest absolute Gasteiger partial charge is 0.491 e. The van der Waals surface area contributed by atoms with E-state index < -0.39 is 12.0 Å². The Bertz CT molecular complexity index is 950. The average Bonchev–Trinajstić information content (AvgIpc) is 3.29. The summed E-state index contributed by atoms with van der Waals surface area (Å²) >= 11 is 0. The summed E-state index contributed by atoms with van der Waals surface area (Å²) in [6.07, 6.45) is 0.133. The Morgan fingerprint density at radius 3 is 2.70 bits per heavy atom. The number of carbonyl (C=O) groups is 1. The van der Waals surface area contributed by atoms with Crippen molar-refractivity contribution in [3.8, 4) is 5.75 Å². The number of aryl methyl sites for hydroxylation is 1. The zero-order valence-electron chi connectivity index (χ0n) is 19.4. The molecule has 1 aromatic heterocycles. The number of ether oxygens (including phenoxy) is 2. The standard InChI is InChI=1S/C24H32F2N4O3.H2/c1-16(2)32-20-5-4-18(12-17(20)3)23(31)30-10-7-24(8-11-30)15-29(14-22(25)26)13-21(33-24)19-6-9-27-28-19;/h4-6,9,12,16,21-22H,7-8,10-11,13-15H2,1-3H3,(H,27,28);1H. The molecule has 1 spiro atoms. The van der Waals surface area contributed by atoms with Crippen molar-refractivity contribution in [2.45, 2.75) is 57.8 Å². The molecule has 0 aliphatic carbocycles. The number of benzene rings is 1. The highest BCUT2D eigenvalue weighted by atomic mass is 19.3. The molecule has 0 saturated carbocycles. The maximum Gasteiger partial charge on any atom is 0.253 e. The second-order valence-electron chi connectivity index (χ2n) is 9.33. The molecule has 9 heteroatoms. The number of H-pyrrole nitrogens is 1. The normalized spacial score (nSPS) is 21.2. The first-order chi connectivity index (χ1) is 15.7. The highest BCUT2D eigenvalue weighted by Crippen LogP contribution is 2.38. The maximum atomic E-state index is 13.2. The molecule has 2 aromatic rings. The Balaban J connectivity index is 0.00000324. The molecular formula is C24H34F2N4O3. The third kappa shape index (κ3) is 5.52. The zero-order chi connectivity index (χ0) is 23.6. The van der Waals surface area contributed by atoms with Crippen LogP contribution in [0.1, 0.15) is 55.8 Å². The van der Waals surface area contributed by atoms with Gasteiger partial charge in [-0.15, -0.1) is 0 Å². The summed E-state index contributed by atoms with van der Waals surface area (Å²) in [5, 5.41) is 6.89. The topological polar surface area (TPSA) is 70.7 Å². The number of alkyl halides is 2. The van der Waals surface area contributed by atoms with Gasteiger partial charge in [0.05, 0.1) is 23.9 Å². The number of morpholine rings is 1. The Hall–Kier alpha value is -2.52. The Labute approximate surface area is 194 Å². The number of hydrogen-bond acceptors (Lipinski definition) is 5. The monoisotopic (exact) mass is 464 g/mol. The summed E-state index contributed by atoms with van der Waals surface area (Å²) in [5.41, 5.74) is 1.76. The van der Waals surface area contributed by atoms with Gasteiger partial charge in [0.25, 0.3) is 12.3 Å². The molecule has 4 rings (SSSR count). The minimum atomic E-state index is -2.41. The molecule has 33 heavy (non-hydrogen) atoms. The highest BCUT2D eigenvalue weighted by Gasteiger charge is 2.44. The van der Waals surface area contributed by atoms with Gasteiger partial charge < -0.3 is 14.4 Å². The molecule has 0 radical (unpaired) electrons. The summed E-state index contributed by atoms with van der Waals surface area (Å²) in [6.45, 7) is 7.43. The number of nitrogens with zero attached hydrogens (tertiary/aromatic N) is 3. The predicted molar refractivity (Wildman–Crippen MR) is 122 cm³/mol. The molecule has 182 valence electrons. The van der Waals surface area contributed by atoms with Gasteiger partial charge in [-0.3, -0.25) is 14.8 Å². The predicted octanol–water partition coefficient (Wildman–Crippen LogP) is 4.06. The molecule has 2 aliphatic heterocycles. The van der Waals surface area contributed by atoms with Gasteiger partial charge in [-0.1, -0.05) is 0 Å². The van der Waals surface area contributed by atoms with Crippen LogP contribution in [-0.2, 0) is 4.74 Å². The number of aromatic nitrogens is 2. The number of rotatable bonds is 6. The van der Waals surface area contributed by atoms with E-state index in [1.54, 1.807) is 17.2 Å². The van der Waals surface area contributed by atoms with Crippen molar-refractivity contribution in [2.24, 2.45) is 0 Å². The van der Waals surface area contributed by atoms with Gasteiger partial charge in [0.1, 0.15) is 11.9 Å². The third-order valence-electron chi connectivity index (χ3n) is 6.34. The minimum absolute atomic E-state index is 0. The van der Waals surface area contributed by atoms with Crippen LogP contribution in [-0.4, -0.2) is 76.8 Å². The number of amides is 1. The van der Waals surface area contributed by atoms with E-state index >= 15 is 0 Å². The Kier molecular flexibility index (Phi) is 6.99. The van der Waals surface area contributed by atoms with Crippen molar-refractivity contribution in [2.75, 3.05) is 32.7 Å². The van der Waals surface area contributed by atoms with Crippen LogP contribution in [0.15, 0.2) is 30.5 Å². The summed E-state index contributed by atoms with van der Waals surface area (Å²) in [7, 11) is 0. The van der Waals surface area contributed by atoms with Crippen molar-refractivity contribution in [3.05, 3.63) is 47.3 Å². The number of halogens is 2. The number of nitrogens with one attached hydrogen (secondary N) is 1. The fraction of sp³-hybridized carbons (Fsp3) is 0.583. The van der Waals surface area contributed by atoms with Crippen molar-refractivity contribution >= 4 is 5.91 Å². The van der Waals surface area contributed by atoms with Gasteiger partial charge in [0.15, 0.2) is 0 Å². The molecule has 2 fully saturated rings. The smallest absolute Gasteiger partial charge is 0.253 e. The van der Waals surface area contributed by atoms with Crippen LogP contribution >= 0.6 is 0 Å². The molecule has 7 nitrogen and oxygen atoms in total. The number of likely N-dealkylation sites (tertiary alicyclic amines) is 1. The van der Waals surface area contributed by atoms with E-state index in [2.05, 4.69) is 10.2 Å². The van der Waals surface area contributed by atoms with Gasteiger partial charge in [-0.25, -0.2) is 8.78 Å². The van der Waals surface area contributed by atoms with Crippen molar-refractivity contribution in [1.29, 1.82) is 0 Å². The van der Waals surface area contributed by atoms with Gasteiger partial charge >= 0.3 is 0 Å². The lowest BCUT2D eigenvalue weighted by molar-refractivity contribution is -0.181. The third-order valence-corrected chi connectivity index (χ3v) is 6.34. The highest BCUT2D eigenvalue weighted by molar-refractivity contribution is 5.94. The van der Waals surface area contributed by atoms with E-state index in [0.717, 1.165) is 17.0 Å². The van der Waals surface area contributed by atoms with E-state index in [-0.39, 0.29) is 26.1 Å². The first kappa shape index (κ1) is 23.6. The molecule has 1 aromatic carbocycles. The quantitative estimate of drug-likeness (QED) is 0.698. The summed E-state index contributed by atoms with van der Waals surface area (Å²) in [4.78, 5) is 16.7. The molecule has 1 amide bonds. The van der Waals surface area contributed by atoms with Gasteiger partial charge in [0, 0.05) is 39.4 Å². The van der Waals surface area contributed by atoms with Crippen LogP contribution in [0.5, 0.6) is 5.75 Å². The van der Waals surface area contributed by atoms with E-state index in [1.165, 1.54) is 0 Å². The lowest BCUT2D eigenvalue weighted by atomic mass is 9.88. The molecule has 1 unspecified atom stereocenters. The molecule has 1 atom stereocenters. The number of hydrogen-bond donors (Lipinski definition) is 1. The fourth-order valence-corrected chi connectivity index (χ4v) is 4.77. The van der Waals surface area contributed by atoms with Crippen LogP contribution in [0, 0.1) is 6.92 Å². The Morgan fingerprint density at radius 2 is 2.09 bits per heavy atom. The zero-order valence-corrected chi connectivity index (χ0v) is 19.4. The van der Waals surface area contributed by atoms with Crippen molar-refractivity contribution in [1.82, 2.24) is 20.0 Å². The lowest BCUT2D eigenvalue weighted by Crippen LogP contribution is -2.58. The first-order valence-electron chi connectivity index (χ1n) is 11.5. The summed E-state index contributed by atoms with van der Waals surface area (Å²) in [6, 6.07) is 7.32. The van der Waals surface area contributed by atoms with Gasteiger partial charge in [0.2, 0.25) is 0 Å². The maximum absolute atomic E-state index is 13.2. The summed E-state index contributed by atoms with van der Waals surface area (Å²) < 4.78 is 38.6. The van der Waals surface area contributed by atoms with Crippen molar-refractivity contribution < 1.29 is 24.5 Å². The van der Waals surface area contributed by atoms with Crippen LogP contribution in [0.3, 0.4) is 0 Å². The van der Waals surface area contributed by atoms with Crippen molar-refractivity contribution in [3.63, 3.8) is 0 Å². The van der Waals surface area contributed by atoms with Gasteiger partial charge in [-0.2, -0.15) is 5.10 Å². The molecular weight excluding hydrogens is 430 g/mol. The molecule has 2 aliphatic rings. The number of carbonyl (C=O) groups excluding carboxylic acids is 1. The SMILES string of the molecule is Cc1cc(C(=O)N2CCC3(CC2)CN(CC(F)F)CC(c2ccn[nH]2)O3)ccc1OC(C)C.[HH]. The van der Waals surface area contributed by atoms with E-state index in [1.807, 2.05) is 43.9 Å². The fourth-order valence-electron chi connectivity index (χ4n) is 4.77. The van der Waals surface area contributed by atoms with E-state index in [0.29, 0.717) is 44.6 Å². The molecule has 1 N–H and O–H groups in total. The molecule has 0 bridgehead atoms. The number of piperidine rings is 1. The van der Waals surface area contributed by atoms with Gasteiger partial charge in [-0.05, 0) is 63.4 Å².